The predicted molar refractivity (Wildman–Crippen MR) is 53.0 cm³/mol. The van der Waals surface area contributed by atoms with Gasteiger partial charge in [0.1, 0.15) is 17.3 Å². The average molecular weight is 247 g/mol. The van der Waals surface area contributed by atoms with Crippen LogP contribution in [0.2, 0.25) is 0 Å². The number of hydrogen-bond acceptors (Lipinski definition) is 3. The fraction of sp³-hybridized carbons (Fsp3) is 0.111. The van der Waals surface area contributed by atoms with Crippen LogP contribution in [0.3, 0.4) is 0 Å². The van der Waals surface area contributed by atoms with Gasteiger partial charge < -0.3 is 16.3 Å². The van der Waals surface area contributed by atoms with Crippen molar-refractivity contribution in [1.82, 2.24) is 0 Å². The Morgan fingerprint density at radius 2 is 1.88 bits per heavy atom. The predicted octanol–water partition coefficient (Wildman–Crippen LogP) is 1.18. The molecule has 17 heavy (non-hydrogen) atoms. The number of halogens is 3. The van der Waals surface area contributed by atoms with Crippen LogP contribution in [0.15, 0.2) is 17.3 Å². The lowest BCUT2D eigenvalue weighted by Gasteiger charge is -2.07. The van der Waals surface area contributed by atoms with Gasteiger partial charge >= 0.3 is 0 Å². The van der Waals surface area contributed by atoms with Gasteiger partial charge in [0.15, 0.2) is 11.6 Å². The van der Waals surface area contributed by atoms with Crippen LogP contribution < -0.4 is 11.1 Å². The van der Waals surface area contributed by atoms with Gasteiger partial charge in [0.05, 0.1) is 6.42 Å². The summed E-state index contributed by atoms with van der Waals surface area (Å²) in [6.07, 6.45) is -0.549. The van der Waals surface area contributed by atoms with Crippen LogP contribution in [-0.4, -0.2) is 17.0 Å². The minimum atomic E-state index is -1.25. The zero-order valence-electron chi connectivity index (χ0n) is 8.38. The molecule has 1 aromatic rings. The van der Waals surface area contributed by atoms with Crippen LogP contribution in [0, 0.1) is 17.5 Å². The number of hydrogen-bond donors (Lipinski definition) is 3. The van der Waals surface area contributed by atoms with Crippen molar-refractivity contribution < 1.29 is 23.2 Å². The normalized spacial score (nSPS) is 11.4. The Labute approximate surface area is 93.7 Å². The summed E-state index contributed by atoms with van der Waals surface area (Å²) in [5, 5.41) is 12.5. The summed E-state index contributed by atoms with van der Waals surface area (Å²) in [5.41, 5.74) is 4.23. The van der Waals surface area contributed by atoms with Gasteiger partial charge in [-0.05, 0) is 0 Å². The third kappa shape index (κ3) is 3.37. The third-order valence-electron chi connectivity index (χ3n) is 1.74. The molecule has 0 unspecified atom stereocenters. The number of nitrogens with two attached hydrogens (primary N) is 1. The Balaban J connectivity index is 2.85. The number of nitrogens with zero attached hydrogens (tertiary/aromatic N) is 1. The number of oxime groups is 1. The number of amidine groups is 1. The van der Waals surface area contributed by atoms with Gasteiger partial charge in [0, 0.05) is 12.1 Å². The van der Waals surface area contributed by atoms with Gasteiger partial charge in [-0.3, -0.25) is 4.79 Å². The Morgan fingerprint density at radius 3 is 2.35 bits per heavy atom. The van der Waals surface area contributed by atoms with Gasteiger partial charge in [0.2, 0.25) is 5.91 Å². The van der Waals surface area contributed by atoms with E-state index in [9.17, 15) is 18.0 Å². The van der Waals surface area contributed by atoms with Crippen molar-refractivity contribution in [3.8, 4) is 0 Å². The highest BCUT2D eigenvalue weighted by Crippen LogP contribution is 2.20. The van der Waals surface area contributed by atoms with Crippen molar-refractivity contribution in [2.75, 3.05) is 5.32 Å². The second kappa shape index (κ2) is 5.19. The lowest BCUT2D eigenvalue weighted by atomic mass is 10.2. The number of amides is 1. The lowest BCUT2D eigenvalue weighted by Crippen LogP contribution is -2.23. The highest BCUT2D eigenvalue weighted by Gasteiger charge is 2.14. The first-order chi connectivity index (χ1) is 7.93. The summed E-state index contributed by atoms with van der Waals surface area (Å²) in [4.78, 5) is 11.2. The number of benzene rings is 1. The molecule has 0 spiro atoms. The molecule has 1 amide bonds. The van der Waals surface area contributed by atoms with E-state index in [1.807, 2.05) is 5.32 Å². The zero-order valence-corrected chi connectivity index (χ0v) is 8.38. The summed E-state index contributed by atoms with van der Waals surface area (Å²) < 4.78 is 38.7. The molecule has 1 aromatic carbocycles. The number of carbonyl (C=O) groups is 1. The Morgan fingerprint density at radius 1 is 1.35 bits per heavy atom. The van der Waals surface area contributed by atoms with E-state index in [2.05, 4.69) is 5.16 Å². The standard InChI is InChI=1S/C9H8F3N3O2/c10-4-1-5(11)9(6(12)2-4)14-8(16)3-7(13)15-17/h1-2,17H,3H2,(H2,13,15)(H,14,16). The molecule has 0 heterocycles. The van der Waals surface area contributed by atoms with Gasteiger partial charge in [0.25, 0.3) is 0 Å². The number of anilines is 1. The molecule has 0 saturated carbocycles. The lowest BCUT2D eigenvalue weighted by molar-refractivity contribution is -0.115. The molecular weight excluding hydrogens is 239 g/mol. The van der Waals surface area contributed by atoms with Crippen molar-refractivity contribution in [3.05, 3.63) is 29.6 Å². The molecule has 0 aliphatic heterocycles. The summed E-state index contributed by atoms with van der Waals surface area (Å²) in [5.74, 6) is -4.93. The largest absolute Gasteiger partial charge is 0.409 e. The van der Waals surface area contributed by atoms with Crippen LogP contribution in [-0.2, 0) is 4.79 Å². The Bertz CT molecular complexity index is 454. The Hall–Kier alpha value is -2.25. The van der Waals surface area contributed by atoms with Crippen molar-refractivity contribution >= 4 is 17.4 Å². The second-order valence-electron chi connectivity index (χ2n) is 3.06. The molecule has 1 rings (SSSR count). The fourth-order valence-electron chi connectivity index (χ4n) is 1.05. The topological polar surface area (TPSA) is 87.7 Å². The van der Waals surface area contributed by atoms with Gasteiger partial charge in [-0.25, -0.2) is 13.2 Å². The molecule has 92 valence electrons. The van der Waals surface area contributed by atoms with E-state index in [1.165, 1.54) is 0 Å². The van der Waals surface area contributed by atoms with Crippen LogP contribution in [0.1, 0.15) is 6.42 Å². The maximum Gasteiger partial charge on any atom is 0.232 e. The molecule has 0 bridgehead atoms. The van der Waals surface area contributed by atoms with Gasteiger partial charge in [-0.2, -0.15) is 0 Å². The summed E-state index contributed by atoms with van der Waals surface area (Å²) in [6, 6.07) is 0.838. The molecule has 5 nitrogen and oxygen atoms in total. The van der Waals surface area contributed by atoms with E-state index < -0.39 is 41.3 Å². The minimum absolute atomic E-state index is 0.419. The molecule has 0 saturated heterocycles. The Kier molecular flexibility index (Phi) is 3.91. The molecular formula is C9H8F3N3O2. The first-order valence-corrected chi connectivity index (χ1v) is 4.35. The number of nitrogens with one attached hydrogen (secondary N) is 1. The van der Waals surface area contributed by atoms with Crippen LogP contribution >= 0.6 is 0 Å². The van der Waals surface area contributed by atoms with E-state index in [0.29, 0.717) is 12.1 Å². The van der Waals surface area contributed by atoms with Crippen molar-refractivity contribution in [3.63, 3.8) is 0 Å². The first kappa shape index (κ1) is 12.8. The van der Waals surface area contributed by atoms with Crippen molar-refractivity contribution in [2.45, 2.75) is 6.42 Å². The molecule has 0 aliphatic carbocycles. The fourth-order valence-corrected chi connectivity index (χ4v) is 1.05. The molecule has 0 aliphatic rings. The van der Waals surface area contributed by atoms with Crippen molar-refractivity contribution in [1.29, 1.82) is 0 Å². The van der Waals surface area contributed by atoms with Crippen molar-refractivity contribution in [2.24, 2.45) is 10.9 Å². The van der Waals surface area contributed by atoms with Gasteiger partial charge in [-0.15, -0.1) is 0 Å². The zero-order chi connectivity index (χ0) is 13.0. The van der Waals surface area contributed by atoms with Crippen LogP contribution in [0.4, 0.5) is 18.9 Å². The molecule has 8 heteroatoms. The SMILES string of the molecule is NC(CC(=O)Nc1c(F)cc(F)cc1F)=NO. The molecule has 4 N–H and O–H groups in total. The monoisotopic (exact) mass is 247 g/mol. The number of rotatable bonds is 3. The number of carbonyl (C=O) groups excluding carboxylic acids is 1. The van der Waals surface area contributed by atoms with Gasteiger partial charge in [-0.1, -0.05) is 5.16 Å². The maximum absolute atomic E-state index is 13.1. The quantitative estimate of drug-likeness (QED) is 0.324. The van der Waals surface area contributed by atoms with E-state index in [4.69, 9.17) is 10.9 Å². The van der Waals surface area contributed by atoms with Crippen LogP contribution in [0.5, 0.6) is 0 Å². The third-order valence-corrected chi connectivity index (χ3v) is 1.74. The van der Waals surface area contributed by atoms with E-state index in [0.717, 1.165) is 0 Å². The highest BCUT2D eigenvalue weighted by molar-refractivity contribution is 6.04. The van der Waals surface area contributed by atoms with E-state index in [-0.39, 0.29) is 0 Å². The smallest absolute Gasteiger partial charge is 0.232 e. The summed E-state index contributed by atoms with van der Waals surface area (Å²) in [6.45, 7) is 0. The molecule has 0 atom stereocenters. The van der Waals surface area contributed by atoms with Crippen LogP contribution in [0.25, 0.3) is 0 Å². The molecule has 0 fully saturated rings. The summed E-state index contributed by atoms with van der Waals surface area (Å²) in [7, 11) is 0. The van der Waals surface area contributed by atoms with E-state index >= 15 is 0 Å². The minimum Gasteiger partial charge on any atom is -0.409 e. The highest BCUT2D eigenvalue weighted by atomic mass is 19.1. The molecule has 0 aromatic heterocycles. The summed E-state index contributed by atoms with van der Waals surface area (Å²) >= 11 is 0. The first-order valence-electron chi connectivity index (χ1n) is 4.35. The second-order valence-corrected chi connectivity index (χ2v) is 3.06. The average Bonchev–Trinajstić information content (AvgIpc) is 2.23. The molecule has 0 radical (unpaired) electrons. The van der Waals surface area contributed by atoms with E-state index in [1.54, 1.807) is 0 Å². The maximum atomic E-state index is 13.1.